The van der Waals surface area contributed by atoms with Gasteiger partial charge in [-0.3, -0.25) is 9.52 Å². The quantitative estimate of drug-likeness (QED) is 0.689. The summed E-state index contributed by atoms with van der Waals surface area (Å²) in [7, 11) is -5.52. The van der Waals surface area contributed by atoms with Crippen LogP contribution in [0.25, 0.3) is 0 Å². The Labute approximate surface area is 176 Å². The highest BCUT2D eigenvalue weighted by atomic mass is 32.2. The summed E-state index contributed by atoms with van der Waals surface area (Å²) in [4.78, 5) is 14.1. The van der Waals surface area contributed by atoms with Gasteiger partial charge < -0.3 is 9.64 Å². The number of nitrogens with one attached hydrogen (secondary N) is 1. The fourth-order valence-electron chi connectivity index (χ4n) is 3.25. The van der Waals surface area contributed by atoms with Crippen LogP contribution in [0.5, 0.6) is 5.75 Å². The number of hydrogen-bond donors (Lipinski definition) is 1. The molecule has 2 aromatic rings. The van der Waals surface area contributed by atoms with Crippen LogP contribution in [-0.4, -0.2) is 58.8 Å². The van der Waals surface area contributed by atoms with Gasteiger partial charge in [0.25, 0.3) is 15.9 Å². The lowest BCUT2D eigenvalue weighted by molar-refractivity contribution is 0.0747. The SMILES string of the molecule is CCOc1ccc(NS(=O)(=O)c2cccc(C(=O)N(C)C3CCS(=O)(=O)C3)c2)cc1. The van der Waals surface area contributed by atoms with Crippen molar-refractivity contribution < 1.29 is 26.4 Å². The minimum absolute atomic E-state index is 0.0513. The van der Waals surface area contributed by atoms with E-state index in [0.717, 1.165) is 0 Å². The molecule has 0 radical (unpaired) electrons. The molecule has 10 heteroatoms. The van der Waals surface area contributed by atoms with Gasteiger partial charge in [0, 0.05) is 24.3 Å². The molecule has 1 aliphatic rings. The van der Waals surface area contributed by atoms with Crippen LogP contribution in [0.3, 0.4) is 0 Å². The maximum absolute atomic E-state index is 12.8. The number of carbonyl (C=O) groups excluding carboxylic acids is 1. The molecule has 0 spiro atoms. The van der Waals surface area contributed by atoms with Crippen molar-refractivity contribution in [3.05, 3.63) is 54.1 Å². The van der Waals surface area contributed by atoms with E-state index in [1.54, 1.807) is 24.3 Å². The monoisotopic (exact) mass is 452 g/mol. The highest BCUT2D eigenvalue weighted by molar-refractivity contribution is 7.92. The summed E-state index contributed by atoms with van der Waals surface area (Å²) in [5, 5.41) is 0. The second-order valence-electron chi connectivity index (χ2n) is 7.06. The van der Waals surface area contributed by atoms with Crippen LogP contribution in [0, 0.1) is 0 Å². The third-order valence-corrected chi connectivity index (χ3v) is 8.01. The predicted octanol–water partition coefficient (Wildman–Crippen LogP) is 2.15. The number of sulfone groups is 1. The second kappa shape index (κ2) is 8.65. The lowest BCUT2D eigenvalue weighted by Crippen LogP contribution is -2.37. The molecule has 0 aliphatic carbocycles. The molecule has 3 rings (SSSR count). The summed E-state index contributed by atoms with van der Waals surface area (Å²) in [5.74, 6) is 0.183. The summed E-state index contributed by atoms with van der Waals surface area (Å²) in [5.41, 5.74) is 0.542. The van der Waals surface area contributed by atoms with E-state index in [1.807, 2.05) is 6.92 Å². The van der Waals surface area contributed by atoms with Crippen molar-refractivity contribution in [2.75, 3.05) is 29.9 Å². The molecule has 1 saturated heterocycles. The second-order valence-corrected chi connectivity index (χ2v) is 11.0. The fourth-order valence-corrected chi connectivity index (χ4v) is 6.12. The molecule has 1 heterocycles. The third-order valence-electron chi connectivity index (χ3n) is 4.89. The first-order valence-corrected chi connectivity index (χ1v) is 12.7. The van der Waals surface area contributed by atoms with Crippen molar-refractivity contribution in [3.63, 3.8) is 0 Å². The van der Waals surface area contributed by atoms with Gasteiger partial charge >= 0.3 is 0 Å². The lowest BCUT2D eigenvalue weighted by atomic mass is 10.1. The van der Waals surface area contributed by atoms with Crippen molar-refractivity contribution in [3.8, 4) is 5.75 Å². The standard InChI is InChI=1S/C20H24N2O6S2/c1-3-28-18-9-7-16(8-10-18)21-30(26,27)19-6-4-5-15(13-19)20(23)22(2)17-11-12-29(24,25)14-17/h4-10,13,17,21H,3,11-12,14H2,1-2H3. The zero-order valence-electron chi connectivity index (χ0n) is 16.7. The largest absolute Gasteiger partial charge is 0.494 e. The Balaban J connectivity index is 1.77. The van der Waals surface area contributed by atoms with E-state index in [9.17, 15) is 21.6 Å². The van der Waals surface area contributed by atoms with E-state index in [1.165, 1.54) is 36.2 Å². The number of nitrogens with zero attached hydrogens (tertiary/aromatic N) is 1. The Morgan fingerprint density at radius 2 is 1.90 bits per heavy atom. The Bertz CT molecular complexity index is 1130. The van der Waals surface area contributed by atoms with Gasteiger partial charge in [0.2, 0.25) is 0 Å². The molecular weight excluding hydrogens is 428 g/mol. The summed E-state index contributed by atoms with van der Waals surface area (Å²) in [6, 6.07) is 11.8. The van der Waals surface area contributed by atoms with Crippen molar-refractivity contribution in [2.45, 2.75) is 24.3 Å². The molecule has 30 heavy (non-hydrogen) atoms. The predicted molar refractivity (Wildman–Crippen MR) is 114 cm³/mol. The van der Waals surface area contributed by atoms with Gasteiger partial charge in [0.05, 0.1) is 23.0 Å². The zero-order chi connectivity index (χ0) is 21.9. The molecule has 1 aliphatic heterocycles. The van der Waals surface area contributed by atoms with E-state index < -0.39 is 31.8 Å². The van der Waals surface area contributed by atoms with E-state index in [0.29, 0.717) is 24.5 Å². The van der Waals surface area contributed by atoms with Crippen LogP contribution in [0.1, 0.15) is 23.7 Å². The van der Waals surface area contributed by atoms with Gasteiger partial charge in [-0.1, -0.05) is 6.07 Å². The van der Waals surface area contributed by atoms with Crippen molar-refractivity contribution in [1.82, 2.24) is 4.90 Å². The molecule has 2 aromatic carbocycles. The van der Waals surface area contributed by atoms with Gasteiger partial charge in [-0.05, 0) is 55.8 Å². The Kier molecular flexibility index (Phi) is 6.37. The van der Waals surface area contributed by atoms with Crippen LogP contribution in [0.4, 0.5) is 5.69 Å². The zero-order valence-corrected chi connectivity index (χ0v) is 18.4. The molecule has 1 unspecified atom stereocenters. The molecule has 1 N–H and O–H groups in total. The molecule has 0 aromatic heterocycles. The number of rotatable bonds is 7. The van der Waals surface area contributed by atoms with Crippen LogP contribution in [0.2, 0.25) is 0 Å². The van der Waals surface area contributed by atoms with Gasteiger partial charge in [-0.2, -0.15) is 0 Å². The van der Waals surface area contributed by atoms with Crippen LogP contribution >= 0.6 is 0 Å². The molecule has 1 atom stereocenters. The minimum atomic E-state index is -3.92. The first kappa shape index (κ1) is 22.1. The van der Waals surface area contributed by atoms with Gasteiger partial charge in [-0.15, -0.1) is 0 Å². The maximum Gasteiger partial charge on any atom is 0.261 e. The minimum Gasteiger partial charge on any atom is -0.494 e. The molecule has 0 saturated carbocycles. The van der Waals surface area contributed by atoms with Crippen LogP contribution in [0.15, 0.2) is 53.4 Å². The smallest absolute Gasteiger partial charge is 0.261 e. The number of amides is 1. The van der Waals surface area contributed by atoms with E-state index >= 15 is 0 Å². The summed E-state index contributed by atoms with van der Waals surface area (Å²) in [6.07, 6.45) is 0.377. The Morgan fingerprint density at radius 1 is 1.20 bits per heavy atom. The average molecular weight is 453 g/mol. The van der Waals surface area contributed by atoms with Crippen LogP contribution < -0.4 is 9.46 Å². The number of carbonyl (C=O) groups is 1. The summed E-state index contributed by atoms with van der Waals surface area (Å²) in [6.45, 7) is 2.36. The molecule has 1 amide bonds. The van der Waals surface area contributed by atoms with Crippen molar-refractivity contribution >= 4 is 31.5 Å². The molecule has 162 valence electrons. The number of sulfonamides is 1. The fraction of sp³-hybridized carbons (Fsp3) is 0.350. The highest BCUT2D eigenvalue weighted by Crippen LogP contribution is 2.22. The van der Waals surface area contributed by atoms with Gasteiger partial charge in [-0.25, -0.2) is 16.8 Å². The van der Waals surface area contributed by atoms with E-state index in [-0.39, 0.29) is 22.0 Å². The maximum atomic E-state index is 12.8. The third kappa shape index (κ3) is 5.11. The molecule has 8 nitrogen and oxygen atoms in total. The summed E-state index contributed by atoms with van der Waals surface area (Å²) >= 11 is 0. The summed E-state index contributed by atoms with van der Waals surface area (Å²) < 4.78 is 56.7. The highest BCUT2D eigenvalue weighted by Gasteiger charge is 2.33. The van der Waals surface area contributed by atoms with Crippen molar-refractivity contribution in [1.29, 1.82) is 0 Å². The van der Waals surface area contributed by atoms with Crippen molar-refractivity contribution in [2.24, 2.45) is 0 Å². The lowest BCUT2D eigenvalue weighted by Gasteiger charge is -2.23. The molecule has 1 fully saturated rings. The average Bonchev–Trinajstić information content (AvgIpc) is 3.08. The Hall–Kier alpha value is -2.59. The number of benzene rings is 2. The number of anilines is 1. The molecular formula is C20H24N2O6S2. The van der Waals surface area contributed by atoms with E-state index in [4.69, 9.17) is 4.74 Å². The van der Waals surface area contributed by atoms with Gasteiger partial charge in [0.1, 0.15) is 5.75 Å². The van der Waals surface area contributed by atoms with E-state index in [2.05, 4.69) is 4.72 Å². The van der Waals surface area contributed by atoms with Gasteiger partial charge in [0.15, 0.2) is 9.84 Å². The Morgan fingerprint density at radius 3 is 2.50 bits per heavy atom. The number of hydrogen-bond acceptors (Lipinski definition) is 6. The topological polar surface area (TPSA) is 110 Å². The first-order valence-electron chi connectivity index (χ1n) is 9.44. The molecule has 0 bridgehead atoms. The normalized spacial score (nSPS) is 18.0. The van der Waals surface area contributed by atoms with Crippen LogP contribution in [-0.2, 0) is 19.9 Å². The first-order chi connectivity index (χ1) is 14.1. The number of ether oxygens (including phenoxy) is 1.